The first-order chi connectivity index (χ1) is 29.7. The second kappa shape index (κ2) is 25.4. The van der Waals surface area contributed by atoms with E-state index in [1.165, 1.54) is 53.6 Å². The van der Waals surface area contributed by atoms with Crippen molar-refractivity contribution in [1.82, 2.24) is 30.3 Å². The number of benzene rings is 2. The second-order valence-corrected chi connectivity index (χ2v) is 20.1. The first-order valence-corrected chi connectivity index (χ1v) is 24.2. The highest BCUT2D eigenvalue weighted by Gasteiger charge is 2.45. The number of halogens is 2. The average molecular weight is 897 g/mol. The van der Waals surface area contributed by atoms with E-state index in [0.717, 1.165) is 63.0 Å². The highest BCUT2D eigenvalue weighted by molar-refractivity contribution is 7.99. The Balaban J connectivity index is 0.000000349. The summed E-state index contributed by atoms with van der Waals surface area (Å²) in [5.74, 6) is 1.35. The smallest absolute Gasteiger partial charge is 0.245 e. The summed E-state index contributed by atoms with van der Waals surface area (Å²) in [6.07, 6.45) is 9.73. The number of aryl methyl sites for hydroxylation is 1. The average Bonchev–Trinajstić information content (AvgIpc) is 3.88. The molecule has 1 spiro atoms. The zero-order valence-corrected chi connectivity index (χ0v) is 39.4. The van der Waals surface area contributed by atoms with Gasteiger partial charge in [0, 0.05) is 56.5 Å². The molecule has 342 valence electrons. The van der Waals surface area contributed by atoms with Crippen molar-refractivity contribution < 1.29 is 28.0 Å². The Morgan fingerprint density at radius 1 is 0.968 bits per heavy atom. The van der Waals surface area contributed by atoms with Crippen LogP contribution in [-0.4, -0.2) is 108 Å². The molecule has 3 aliphatic heterocycles. The van der Waals surface area contributed by atoms with E-state index >= 15 is 0 Å². The number of hydrogen-bond acceptors (Lipinski definition) is 8. The topological polar surface area (TPSA) is 115 Å². The molecule has 6 rings (SSSR count). The van der Waals surface area contributed by atoms with Gasteiger partial charge in [0.25, 0.3) is 0 Å². The van der Waals surface area contributed by atoms with Gasteiger partial charge in [0.05, 0.1) is 22.1 Å². The molecule has 0 saturated carbocycles. The van der Waals surface area contributed by atoms with Crippen LogP contribution in [0.25, 0.3) is 10.4 Å². The third-order valence-corrected chi connectivity index (χ3v) is 14.3. The Hall–Kier alpha value is -3.88. The van der Waals surface area contributed by atoms with Crippen molar-refractivity contribution in [3.63, 3.8) is 0 Å². The van der Waals surface area contributed by atoms with Gasteiger partial charge < -0.3 is 25.3 Å². The molecular weight excluding hydrogens is 827 g/mol. The first kappa shape index (κ1) is 50.8. The number of carbonyl (C=O) groups is 4. The van der Waals surface area contributed by atoms with Crippen LogP contribution in [0.1, 0.15) is 116 Å². The molecule has 10 nitrogen and oxygen atoms in total. The van der Waals surface area contributed by atoms with Crippen LogP contribution >= 0.6 is 23.1 Å². The van der Waals surface area contributed by atoms with Crippen LogP contribution in [0.4, 0.5) is 8.78 Å². The van der Waals surface area contributed by atoms with Gasteiger partial charge in [-0.25, -0.2) is 13.8 Å². The number of rotatable bonds is 17. The Morgan fingerprint density at radius 2 is 1.63 bits per heavy atom. The van der Waals surface area contributed by atoms with E-state index < -0.39 is 13.0 Å². The number of likely N-dealkylation sites (tertiary alicyclic amines) is 3. The molecule has 14 heteroatoms. The molecule has 3 unspecified atom stereocenters. The van der Waals surface area contributed by atoms with Crippen molar-refractivity contribution in [3.8, 4) is 10.4 Å². The van der Waals surface area contributed by atoms with Crippen molar-refractivity contribution in [2.24, 2.45) is 10.8 Å². The predicted molar refractivity (Wildman–Crippen MR) is 248 cm³/mol. The van der Waals surface area contributed by atoms with Gasteiger partial charge in [-0.2, -0.15) is 0 Å². The fourth-order valence-electron chi connectivity index (χ4n) is 8.48. The molecule has 1 aromatic heterocycles. The quantitative estimate of drug-likeness (QED) is 0.0789. The van der Waals surface area contributed by atoms with E-state index in [1.54, 1.807) is 11.3 Å². The molecule has 3 saturated heterocycles. The molecule has 2 aromatic carbocycles. The number of amides is 4. The summed E-state index contributed by atoms with van der Waals surface area (Å²) in [7, 11) is 0. The largest absolute Gasteiger partial charge is 0.352 e. The number of aromatic nitrogens is 1. The molecule has 4 heterocycles. The third kappa shape index (κ3) is 15.7. The monoisotopic (exact) mass is 896 g/mol. The molecule has 4 amide bonds. The number of hydrogen-bond donors (Lipinski definition) is 2. The standard InChI is InChI=1S/C34H54N4O3S.C13H14N2OS.CH2F2/c1-27-13-12-21-38(27)32(41)31(33(2,3)4)35-29(39)16-8-9-17-30(40)37-22-18-34(19-23-37)25-36(26-34)20-10-11-24-42-28-14-6-5-7-15-28;1-9(14-7-16)11-3-5-12(6-4-11)13-10(2)15-8-17-13;2-1-3/h5-7,14-15,27,31H,8-13,16-26H2,1-4H3,(H,35,39);3-9H,1-2H3,(H,14,16);1H2. The third-order valence-electron chi connectivity index (χ3n) is 12.2. The molecule has 2 N–H and O–H groups in total. The maximum atomic E-state index is 13.2. The van der Waals surface area contributed by atoms with Gasteiger partial charge in [0.15, 0.2) is 0 Å². The molecule has 0 aliphatic carbocycles. The Kier molecular flexibility index (Phi) is 20.8. The summed E-state index contributed by atoms with van der Waals surface area (Å²) in [6.45, 7) is 16.4. The van der Waals surface area contributed by atoms with Crippen molar-refractivity contribution in [1.29, 1.82) is 0 Å². The number of thiazole rings is 1. The molecular formula is C48H70F2N6O4S2. The number of carbonyl (C=O) groups excluding carboxylic acids is 4. The first-order valence-electron chi connectivity index (χ1n) is 22.3. The van der Waals surface area contributed by atoms with E-state index in [0.29, 0.717) is 31.1 Å². The summed E-state index contributed by atoms with van der Waals surface area (Å²) in [4.78, 5) is 62.6. The van der Waals surface area contributed by atoms with Crippen LogP contribution in [-0.2, 0) is 19.2 Å². The minimum absolute atomic E-state index is 0.0337. The van der Waals surface area contributed by atoms with Crippen LogP contribution in [0.2, 0.25) is 0 Å². The van der Waals surface area contributed by atoms with Crippen LogP contribution in [0.3, 0.4) is 0 Å². The lowest BCUT2D eigenvalue weighted by molar-refractivity contribution is -0.140. The van der Waals surface area contributed by atoms with E-state index in [2.05, 4.69) is 69.9 Å². The Bertz CT molecular complexity index is 1810. The minimum atomic E-state index is -1.75. The summed E-state index contributed by atoms with van der Waals surface area (Å²) >= 11 is 3.59. The van der Waals surface area contributed by atoms with E-state index in [-0.39, 0.29) is 35.2 Å². The number of nitrogens with one attached hydrogen (secondary N) is 2. The van der Waals surface area contributed by atoms with Gasteiger partial charge in [-0.3, -0.25) is 19.2 Å². The predicted octanol–water partition coefficient (Wildman–Crippen LogP) is 9.39. The van der Waals surface area contributed by atoms with Crippen LogP contribution in [0, 0.1) is 17.8 Å². The van der Waals surface area contributed by atoms with Crippen molar-refractivity contribution in [2.75, 3.05) is 51.9 Å². The SMILES string of the molecule is CC1CCCN1C(=O)C(NC(=O)CCCCC(=O)N1CCC2(CC1)CN(CCCCSc1ccccc1)C2)C(C)(C)C.Cc1ncsc1-c1ccc(C(C)NC=O)cc1.FCF. The molecule has 3 aliphatic rings. The van der Waals surface area contributed by atoms with Gasteiger partial charge in [0.2, 0.25) is 31.1 Å². The maximum absolute atomic E-state index is 13.2. The van der Waals surface area contributed by atoms with Gasteiger partial charge in [-0.05, 0) is 119 Å². The van der Waals surface area contributed by atoms with Crippen molar-refractivity contribution in [3.05, 3.63) is 71.4 Å². The van der Waals surface area contributed by atoms with Gasteiger partial charge in [0.1, 0.15) is 6.04 Å². The van der Waals surface area contributed by atoms with Crippen molar-refractivity contribution in [2.45, 2.75) is 129 Å². The number of unbranched alkanes of at least 4 members (excludes halogenated alkanes) is 2. The minimum Gasteiger partial charge on any atom is -0.352 e. The summed E-state index contributed by atoms with van der Waals surface area (Å²) in [6, 6.07) is 18.6. The molecule has 3 fully saturated rings. The van der Waals surface area contributed by atoms with Crippen LogP contribution in [0.5, 0.6) is 0 Å². The number of thioether (sulfide) groups is 1. The van der Waals surface area contributed by atoms with E-state index in [4.69, 9.17) is 0 Å². The van der Waals surface area contributed by atoms with Crippen LogP contribution < -0.4 is 10.6 Å². The molecule has 3 atom stereocenters. The molecule has 3 aromatic rings. The van der Waals surface area contributed by atoms with E-state index in [1.807, 2.05) is 73.8 Å². The van der Waals surface area contributed by atoms with Gasteiger partial charge in [-0.1, -0.05) is 63.2 Å². The zero-order valence-electron chi connectivity index (χ0n) is 37.8. The lowest BCUT2D eigenvalue weighted by atomic mass is 9.72. The number of nitrogens with zero attached hydrogens (tertiary/aromatic N) is 4. The fraction of sp³-hybridized carbons (Fsp3) is 0.604. The maximum Gasteiger partial charge on any atom is 0.245 e. The molecule has 62 heavy (non-hydrogen) atoms. The lowest BCUT2D eigenvalue weighted by Crippen LogP contribution is -2.60. The Labute approximate surface area is 377 Å². The fourth-order valence-corrected chi connectivity index (χ4v) is 10.2. The van der Waals surface area contributed by atoms with Gasteiger partial charge in [-0.15, -0.1) is 23.1 Å². The van der Waals surface area contributed by atoms with Crippen LogP contribution in [0.15, 0.2) is 65.0 Å². The zero-order chi connectivity index (χ0) is 45.1. The lowest BCUT2D eigenvalue weighted by Gasteiger charge is -2.54. The second-order valence-electron chi connectivity index (χ2n) is 18.1. The number of alkyl halides is 2. The summed E-state index contributed by atoms with van der Waals surface area (Å²) in [5, 5.41) is 5.76. The van der Waals surface area contributed by atoms with Gasteiger partial charge >= 0.3 is 0 Å². The normalized spacial score (nSPS) is 18.0. The van der Waals surface area contributed by atoms with Crippen molar-refractivity contribution >= 4 is 47.2 Å². The summed E-state index contributed by atoms with van der Waals surface area (Å²) < 4.78 is 19.2. The highest BCUT2D eigenvalue weighted by atomic mass is 32.2. The van der Waals surface area contributed by atoms with E-state index in [9.17, 15) is 28.0 Å². The Morgan fingerprint density at radius 3 is 2.21 bits per heavy atom. The number of piperidine rings is 1. The summed E-state index contributed by atoms with van der Waals surface area (Å²) in [5.41, 5.74) is 5.25. The highest BCUT2D eigenvalue weighted by Crippen LogP contribution is 2.40. The molecule has 0 bridgehead atoms. The molecule has 0 radical (unpaired) electrons.